The van der Waals surface area contributed by atoms with Gasteiger partial charge < -0.3 is 49.9 Å². The van der Waals surface area contributed by atoms with Gasteiger partial charge in [0.2, 0.25) is 24.6 Å². The number of amides is 1. The molecule has 0 unspecified atom stereocenters. The van der Waals surface area contributed by atoms with Gasteiger partial charge in [-0.25, -0.2) is 0 Å². The van der Waals surface area contributed by atoms with Crippen LogP contribution in [0.2, 0.25) is 0 Å². The van der Waals surface area contributed by atoms with E-state index in [4.69, 9.17) is 23.7 Å². The van der Waals surface area contributed by atoms with Crippen LogP contribution in [0.15, 0.2) is 72.9 Å². The SMILES string of the molecule is COc1ccc2[nH]cc(CCNc3nc(NCCOCCOCCNC(=O)c4ccccc4)nc(NCc4ccc5c(c4)OCO5)n3)c2c1. The van der Waals surface area contributed by atoms with Gasteiger partial charge in [-0.05, 0) is 60.0 Å². The third-order valence-corrected chi connectivity index (χ3v) is 7.64. The number of hydrogen-bond donors (Lipinski definition) is 5. The number of rotatable bonds is 19. The summed E-state index contributed by atoms with van der Waals surface area (Å²) < 4.78 is 27.6. The fraction of sp³-hybridized carbons (Fsp3) is 0.314. The summed E-state index contributed by atoms with van der Waals surface area (Å²) in [6.45, 7) is 3.87. The van der Waals surface area contributed by atoms with Gasteiger partial charge in [0.15, 0.2) is 11.5 Å². The van der Waals surface area contributed by atoms with E-state index in [1.54, 1.807) is 19.2 Å². The number of hydrogen-bond acceptors (Lipinski definition) is 12. The fourth-order valence-corrected chi connectivity index (χ4v) is 5.13. The number of benzene rings is 3. The molecule has 5 aromatic rings. The van der Waals surface area contributed by atoms with Crippen LogP contribution in [0.5, 0.6) is 17.2 Å². The van der Waals surface area contributed by atoms with Crippen molar-refractivity contribution in [1.82, 2.24) is 25.3 Å². The van der Waals surface area contributed by atoms with Gasteiger partial charge in [0.1, 0.15) is 5.75 Å². The van der Waals surface area contributed by atoms with E-state index in [1.807, 2.05) is 60.8 Å². The van der Waals surface area contributed by atoms with Crippen molar-refractivity contribution in [3.8, 4) is 17.2 Å². The second-order valence-electron chi connectivity index (χ2n) is 11.0. The zero-order chi connectivity index (χ0) is 33.7. The average Bonchev–Trinajstić information content (AvgIpc) is 3.78. The van der Waals surface area contributed by atoms with Crippen molar-refractivity contribution in [3.05, 3.63) is 89.6 Å². The van der Waals surface area contributed by atoms with Crippen molar-refractivity contribution in [2.45, 2.75) is 13.0 Å². The van der Waals surface area contributed by atoms with Gasteiger partial charge in [0.25, 0.3) is 5.91 Å². The molecule has 0 atom stereocenters. The minimum Gasteiger partial charge on any atom is -0.497 e. The lowest BCUT2D eigenvalue weighted by Gasteiger charge is -2.12. The van der Waals surface area contributed by atoms with Crippen LogP contribution in [0, 0.1) is 0 Å². The van der Waals surface area contributed by atoms with E-state index in [-0.39, 0.29) is 12.7 Å². The first-order valence-corrected chi connectivity index (χ1v) is 16.1. The quantitative estimate of drug-likeness (QED) is 0.0797. The monoisotopic (exact) mass is 668 g/mol. The highest BCUT2D eigenvalue weighted by Gasteiger charge is 2.14. The maximum Gasteiger partial charge on any atom is 0.251 e. The standard InChI is InChI=1S/C35H40N8O6/c1-45-27-8-9-29-28(20-27)26(22-39-29)11-12-37-33-41-34(43-35(42-33)40-21-24-7-10-30-31(19-24)49-23-48-30)38-14-16-47-18-17-46-15-13-36-32(44)25-5-3-2-4-6-25/h2-10,19-20,22,39H,11-18,21,23H2,1H3,(H,36,44)(H3,37,38,40,41,42,43). The number of nitrogens with one attached hydrogen (secondary N) is 5. The molecule has 1 amide bonds. The van der Waals surface area contributed by atoms with Crippen LogP contribution in [0.4, 0.5) is 17.8 Å². The van der Waals surface area contributed by atoms with Crippen molar-refractivity contribution in [3.63, 3.8) is 0 Å². The number of aromatic amines is 1. The van der Waals surface area contributed by atoms with Crippen LogP contribution in [0.25, 0.3) is 10.9 Å². The second-order valence-corrected chi connectivity index (χ2v) is 11.0. The normalized spacial score (nSPS) is 11.8. The van der Waals surface area contributed by atoms with Gasteiger partial charge in [-0.2, -0.15) is 15.0 Å². The van der Waals surface area contributed by atoms with Crippen molar-refractivity contribution >= 4 is 34.7 Å². The zero-order valence-electron chi connectivity index (χ0n) is 27.3. The molecule has 3 aromatic carbocycles. The first kappa shape index (κ1) is 33.3. The molecule has 0 aliphatic carbocycles. The lowest BCUT2D eigenvalue weighted by molar-refractivity contribution is 0.0519. The van der Waals surface area contributed by atoms with Gasteiger partial charge >= 0.3 is 0 Å². The maximum absolute atomic E-state index is 12.1. The predicted octanol–water partition coefficient (Wildman–Crippen LogP) is 4.23. The van der Waals surface area contributed by atoms with Crippen LogP contribution < -0.4 is 35.5 Å². The molecule has 14 heteroatoms. The summed E-state index contributed by atoms with van der Waals surface area (Å²) in [7, 11) is 1.67. The van der Waals surface area contributed by atoms with E-state index >= 15 is 0 Å². The predicted molar refractivity (Wildman–Crippen MR) is 186 cm³/mol. The molecule has 6 rings (SSSR count). The molecule has 49 heavy (non-hydrogen) atoms. The summed E-state index contributed by atoms with van der Waals surface area (Å²) in [5.41, 5.74) is 3.84. The van der Waals surface area contributed by atoms with Crippen LogP contribution in [0.3, 0.4) is 0 Å². The number of methoxy groups -OCH3 is 1. The molecular weight excluding hydrogens is 628 g/mol. The van der Waals surface area contributed by atoms with E-state index in [0.29, 0.717) is 76.0 Å². The fourth-order valence-electron chi connectivity index (χ4n) is 5.13. The highest BCUT2D eigenvalue weighted by atomic mass is 16.7. The van der Waals surface area contributed by atoms with E-state index in [0.717, 1.165) is 45.7 Å². The molecule has 0 radical (unpaired) electrons. The topological polar surface area (TPSA) is 166 Å². The van der Waals surface area contributed by atoms with E-state index in [9.17, 15) is 4.79 Å². The largest absolute Gasteiger partial charge is 0.497 e. The number of nitrogens with zero attached hydrogens (tertiary/aromatic N) is 3. The van der Waals surface area contributed by atoms with Gasteiger partial charge in [0.05, 0.1) is 33.5 Å². The molecule has 3 heterocycles. The Balaban J connectivity index is 0.971. The number of carbonyl (C=O) groups excluding carboxylic acids is 1. The molecule has 1 aliphatic rings. The molecule has 0 spiro atoms. The van der Waals surface area contributed by atoms with Gasteiger partial charge in [-0.1, -0.05) is 24.3 Å². The molecule has 1 aliphatic heterocycles. The minimum atomic E-state index is -0.121. The van der Waals surface area contributed by atoms with Crippen LogP contribution in [0.1, 0.15) is 21.5 Å². The number of carbonyl (C=O) groups is 1. The van der Waals surface area contributed by atoms with Crippen LogP contribution in [-0.4, -0.2) is 85.8 Å². The number of fused-ring (bicyclic) bond motifs is 2. The molecule has 0 fully saturated rings. The summed E-state index contributed by atoms with van der Waals surface area (Å²) in [6.07, 6.45) is 2.76. The van der Waals surface area contributed by atoms with E-state index < -0.39 is 0 Å². The summed E-state index contributed by atoms with van der Waals surface area (Å²) in [5, 5.41) is 13.8. The molecule has 0 saturated heterocycles. The second kappa shape index (κ2) is 17.0. The Morgan fingerprint density at radius 2 is 1.53 bits per heavy atom. The Labute approximate surface area is 283 Å². The molecule has 14 nitrogen and oxygen atoms in total. The molecule has 256 valence electrons. The van der Waals surface area contributed by atoms with Crippen molar-refractivity contribution in [2.75, 3.05) is 75.9 Å². The smallest absolute Gasteiger partial charge is 0.251 e. The highest BCUT2D eigenvalue weighted by Crippen LogP contribution is 2.32. The van der Waals surface area contributed by atoms with Gasteiger partial charge in [-0.15, -0.1) is 0 Å². The Kier molecular flexibility index (Phi) is 11.5. The van der Waals surface area contributed by atoms with Crippen molar-refractivity contribution in [1.29, 1.82) is 0 Å². The molecule has 0 saturated carbocycles. The number of ether oxygens (including phenoxy) is 5. The Morgan fingerprint density at radius 1 is 0.796 bits per heavy atom. The Morgan fingerprint density at radius 3 is 2.33 bits per heavy atom. The van der Waals surface area contributed by atoms with Crippen molar-refractivity contribution < 1.29 is 28.5 Å². The third-order valence-electron chi connectivity index (χ3n) is 7.64. The molecule has 5 N–H and O–H groups in total. The zero-order valence-corrected chi connectivity index (χ0v) is 27.3. The summed E-state index contributed by atoms with van der Waals surface area (Å²) in [6, 6.07) is 20.9. The van der Waals surface area contributed by atoms with E-state index in [1.165, 1.54) is 0 Å². The summed E-state index contributed by atoms with van der Waals surface area (Å²) in [5.74, 6) is 3.42. The average molecular weight is 669 g/mol. The summed E-state index contributed by atoms with van der Waals surface area (Å²) >= 11 is 0. The number of H-pyrrole nitrogens is 1. The lowest BCUT2D eigenvalue weighted by Crippen LogP contribution is -2.27. The Bertz CT molecular complexity index is 1820. The molecule has 2 aromatic heterocycles. The van der Waals surface area contributed by atoms with Crippen molar-refractivity contribution in [2.24, 2.45) is 0 Å². The Hall–Kier alpha value is -5.60. The third kappa shape index (κ3) is 9.49. The number of aromatic nitrogens is 4. The minimum absolute atomic E-state index is 0.121. The lowest BCUT2D eigenvalue weighted by atomic mass is 10.1. The highest BCUT2D eigenvalue weighted by molar-refractivity contribution is 5.94. The first-order chi connectivity index (χ1) is 24.1. The maximum atomic E-state index is 12.1. The van der Waals surface area contributed by atoms with Gasteiger partial charge in [-0.3, -0.25) is 4.79 Å². The van der Waals surface area contributed by atoms with Crippen LogP contribution >= 0.6 is 0 Å². The first-order valence-electron chi connectivity index (χ1n) is 16.1. The van der Waals surface area contributed by atoms with E-state index in [2.05, 4.69) is 41.2 Å². The van der Waals surface area contributed by atoms with Crippen LogP contribution in [-0.2, 0) is 22.4 Å². The summed E-state index contributed by atoms with van der Waals surface area (Å²) in [4.78, 5) is 29.2. The van der Waals surface area contributed by atoms with Gasteiger partial charge in [0, 0.05) is 48.8 Å². The number of anilines is 3. The molecular formula is C35H40N8O6. The molecule has 0 bridgehead atoms.